The van der Waals surface area contributed by atoms with Crippen molar-refractivity contribution >= 4 is 27.3 Å². The highest BCUT2D eigenvalue weighted by atomic mass is 32.2. The summed E-state index contributed by atoms with van der Waals surface area (Å²) in [6.07, 6.45) is 0.939. The molecule has 1 heterocycles. The van der Waals surface area contributed by atoms with Gasteiger partial charge in [0.25, 0.3) is 0 Å². The van der Waals surface area contributed by atoms with E-state index in [0.717, 1.165) is 18.5 Å². The molecule has 0 bridgehead atoms. The van der Waals surface area contributed by atoms with Gasteiger partial charge in [-0.15, -0.1) is 11.3 Å². The van der Waals surface area contributed by atoms with Gasteiger partial charge in [0.2, 0.25) is 10.0 Å². The first-order chi connectivity index (χ1) is 11.5. The zero-order valence-corrected chi connectivity index (χ0v) is 15.4. The molecule has 2 rings (SSSR count). The summed E-state index contributed by atoms with van der Waals surface area (Å²) in [4.78, 5) is 5.75. The zero-order valence-electron chi connectivity index (χ0n) is 13.7. The fourth-order valence-electron chi connectivity index (χ4n) is 2.11. The standard InChI is InChI=1S/C16H22N4O2S2/c1-17-16(19-9-8-14-6-4-10-23-14)20-12-13-5-3-7-15(11-13)24(21,22)18-2/h3-7,10-11,18H,8-9,12H2,1-2H3,(H2,17,19,20). The van der Waals surface area contributed by atoms with Crippen LogP contribution in [-0.4, -0.2) is 35.0 Å². The van der Waals surface area contributed by atoms with Crippen molar-refractivity contribution in [3.8, 4) is 0 Å². The van der Waals surface area contributed by atoms with Crippen LogP contribution in [0.15, 0.2) is 51.7 Å². The van der Waals surface area contributed by atoms with Crippen molar-refractivity contribution in [3.63, 3.8) is 0 Å². The van der Waals surface area contributed by atoms with Gasteiger partial charge in [-0.2, -0.15) is 0 Å². The first-order valence-corrected chi connectivity index (χ1v) is 9.91. The average molecular weight is 367 g/mol. The number of nitrogens with zero attached hydrogens (tertiary/aromatic N) is 1. The molecule has 0 amide bonds. The SMILES string of the molecule is CN=C(NCCc1cccs1)NCc1cccc(S(=O)(=O)NC)c1. The summed E-state index contributed by atoms with van der Waals surface area (Å²) >= 11 is 1.74. The van der Waals surface area contributed by atoms with E-state index in [9.17, 15) is 8.42 Å². The first-order valence-electron chi connectivity index (χ1n) is 7.54. The van der Waals surface area contributed by atoms with E-state index in [1.807, 2.05) is 12.1 Å². The normalized spacial score (nSPS) is 12.2. The molecule has 0 radical (unpaired) electrons. The molecule has 8 heteroatoms. The van der Waals surface area contributed by atoms with Gasteiger partial charge in [-0.25, -0.2) is 13.1 Å². The molecule has 130 valence electrons. The molecule has 3 N–H and O–H groups in total. The van der Waals surface area contributed by atoms with E-state index in [2.05, 4.69) is 31.8 Å². The molecule has 2 aromatic rings. The number of aliphatic imine (C=N–C) groups is 1. The van der Waals surface area contributed by atoms with Gasteiger partial charge in [-0.05, 0) is 42.6 Å². The second-order valence-electron chi connectivity index (χ2n) is 5.04. The monoisotopic (exact) mass is 366 g/mol. The Morgan fingerprint density at radius 2 is 2.04 bits per heavy atom. The predicted octanol–water partition coefficient (Wildman–Crippen LogP) is 1.56. The summed E-state index contributed by atoms with van der Waals surface area (Å²) in [5.74, 6) is 0.688. The number of rotatable bonds is 7. The fourth-order valence-corrected chi connectivity index (χ4v) is 3.61. The van der Waals surface area contributed by atoms with Crippen LogP contribution in [0.25, 0.3) is 0 Å². The maximum Gasteiger partial charge on any atom is 0.240 e. The third-order valence-electron chi connectivity index (χ3n) is 3.40. The van der Waals surface area contributed by atoms with Crippen LogP contribution in [0.2, 0.25) is 0 Å². The lowest BCUT2D eigenvalue weighted by molar-refractivity contribution is 0.588. The predicted molar refractivity (Wildman–Crippen MR) is 98.9 cm³/mol. The lowest BCUT2D eigenvalue weighted by Gasteiger charge is -2.12. The second-order valence-corrected chi connectivity index (χ2v) is 7.96. The number of thiophene rings is 1. The van der Waals surface area contributed by atoms with Crippen molar-refractivity contribution in [2.24, 2.45) is 4.99 Å². The molecule has 1 aromatic carbocycles. The second kappa shape index (κ2) is 8.81. The van der Waals surface area contributed by atoms with Crippen LogP contribution in [0.1, 0.15) is 10.4 Å². The maximum absolute atomic E-state index is 11.8. The van der Waals surface area contributed by atoms with Crippen molar-refractivity contribution in [1.82, 2.24) is 15.4 Å². The lowest BCUT2D eigenvalue weighted by atomic mass is 10.2. The molecule has 0 fully saturated rings. The van der Waals surface area contributed by atoms with Crippen molar-refractivity contribution < 1.29 is 8.42 Å². The Hall–Kier alpha value is -1.90. The number of hydrogen-bond donors (Lipinski definition) is 3. The molecule has 0 aliphatic heterocycles. The van der Waals surface area contributed by atoms with E-state index >= 15 is 0 Å². The van der Waals surface area contributed by atoms with Gasteiger partial charge < -0.3 is 10.6 Å². The van der Waals surface area contributed by atoms with Gasteiger partial charge in [0, 0.05) is 25.0 Å². The topological polar surface area (TPSA) is 82.6 Å². The third-order valence-corrected chi connectivity index (χ3v) is 5.75. The highest BCUT2D eigenvalue weighted by Crippen LogP contribution is 2.11. The molecule has 1 aromatic heterocycles. The fraction of sp³-hybridized carbons (Fsp3) is 0.312. The highest BCUT2D eigenvalue weighted by Gasteiger charge is 2.11. The van der Waals surface area contributed by atoms with Crippen molar-refractivity contribution in [2.75, 3.05) is 20.6 Å². The van der Waals surface area contributed by atoms with E-state index in [1.54, 1.807) is 36.6 Å². The molecule has 0 unspecified atom stereocenters. The highest BCUT2D eigenvalue weighted by molar-refractivity contribution is 7.89. The molecular formula is C16H22N4O2S2. The molecule has 0 saturated heterocycles. The summed E-state index contributed by atoms with van der Waals surface area (Å²) in [5, 5.41) is 8.50. The molecule has 0 saturated carbocycles. The Bertz CT molecular complexity index is 771. The van der Waals surface area contributed by atoms with Crippen molar-refractivity contribution in [3.05, 3.63) is 52.2 Å². The summed E-state index contributed by atoms with van der Waals surface area (Å²) in [5.41, 5.74) is 0.868. The van der Waals surface area contributed by atoms with Crippen molar-refractivity contribution in [2.45, 2.75) is 17.9 Å². The van der Waals surface area contributed by atoms with E-state index in [-0.39, 0.29) is 4.90 Å². The number of sulfonamides is 1. The van der Waals surface area contributed by atoms with Gasteiger partial charge >= 0.3 is 0 Å². The van der Waals surface area contributed by atoms with Gasteiger partial charge in [-0.1, -0.05) is 18.2 Å². The maximum atomic E-state index is 11.8. The molecule has 0 aliphatic rings. The molecule has 6 nitrogen and oxygen atoms in total. The van der Waals surface area contributed by atoms with Gasteiger partial charge in [0.05, 0.1) is 4.90 Å². The number of nitrogens with one attached hydrogen (secondary N) is 3. The number of hydrogen-bond acceptors (Lipinski definition) is 4. The van der Waals surface area contributed by atoms with Gasteiger partial charge in [0.1, 0.15) is 0 Å². The van der Waals surface area contributed by atoms with Gasteiger partial charge in [0.15, 0.2) is 5.96 Å². The number of guanidine groups is 1. The van der Waals surface area contributed by atoms with Crippen LogP contribution < -0.4 is 15.4 Å². The van der Waals surface area contributed by atoms with Crippen LogP contribution in [0.5, 0.6) is 0 Å². The molecule has 24 heavy (non-hydrogen) atoms. The minimum absolute atomic E-state index is 0.255. The summed E-state index contributed by atoms with van der Waals surface area (Å²) in [7, 11) is -0.314. The Labute approximate surface area is 147 Å². The summed E-state index contributed by atoms with van der Waals surface area (Å²) in [6.45, 7) is 1.28. The summed E-state index contributed by atoms with van der Waals surface area (Å²) < 4.78 is 26.0. The molecule has 0 aliphatic carbocycles. The minimum Gasteiger partial charge on any atom is -0.356 e. The Balaban J connectivity index is 1.88. The third kappa shape index (κ3) is 5.33. The van der Waals surface area contributed by atoms with Crippen LogP contribution in [0, 0.1) is 0 Å². The largest absolute Gasteiger partial charge is 0.356 e. The van der Waals surface area contributed by atoms with E-state index in [0.29, 0.717) is 12.5 Å². The minimum atomic E-state index is -3.43. The van der Waals surface area contributed by atoms with E-state index in [1.165, 1.54) is 11.9 Å². The molecule has 0 spiro atoms. The van der Waals surface area contributed by atoms with Crippen LogP contribution in [0.3, 0.4) is 0 Å². The molecule has 0 atom stereocenters. The lowest BCUT2D eigenvalue weighted by Crippen LogP contribution is -2.37. The molecular weight excluding hydrogens is 344 g/mol. The van der Waals surface area contributed by atoms with Crippen molar-refractivity contribution in [1.29, 1.82) is 0 Å². The van der Waals surface area contributed by atoms with Crippen LogP contribution in [-0.2, 0) is 23.0 Å². The number of benzene rings is 1. The van der Waals surface area contributed by atoms with Crippen LogP contribution >= 0.6 is 11.3 Å². The average Bonchev–Trinajstić information content (AvgIpc) is 3.11. The van der Waals surface area contributed by atoms with Crippen LogP contribution in [0.4, 0.5) is 0 Å². The zero-order chi connectivity index (χ0) is 17.4. The van der Waals surface area contributed by atoms with E-state index < -0.39 is 10.0 Å². The van der Waals surface area contributed by atoms with Gasteiger partial charge in [-0.3, -0.25) is 4.99 Å². The Morgan fingerprint density at radius 3 is 2.71 bits per heavy atom. The van der Waals surface area contributed by atoms with E-state index in [4.69, 9.17) is 0 Å². The first kappa shape index (κ1) is 18.4. The summed E-state index contributed by atoms with van der Waals surface area (Å²) in [6, 6.07) is 11.0. The smallest absolute Gasteiger partial charge is 0.240 e. The Kier molecular flexibility index (Phi) is 6.77. The quantitative estimate of drug-likeness (QED) is 0.513. The Morgan fingerprint density at radius 1 is 1.21 bits per heavy atom.